The molecule has 2 rings (SSSR count). The molecule has 18 heavy (non-hydrogen) atoms. The fraction of sp³-hybridized carbons (Fsp3) is 0.933. The summed E-state index contributed by atoms with van der Waals surface area (Å²) < 4.78 is 11.5. The molecule has 0 radical (unpaired) electrons. The lowest BCUT2D eigenvalue weighted by atomic mass is 10.2. The number of rotatable bonds is 10. The molecule has 2 fully saturated rings. The highest BCUT2D eigenvalue weighted by atomic mass is 16.7. The molecule has 3 nitrogen and oxygen atoms in total. The van der Waals surface area contributed by atoms with Crippen molar-refractivity contribution in [2.45, 2.75) is 58.2 Å². The molecule has 0 heterocycles. The Labute approximate surface area is 110 Å². The van der Waals surface area contributed by atoms with Crippen LogP contribution in [0.5, 0.6) is 0 Å². The van der Waals surface area contributed by atoms with E-state index in [-0.39, 0.29) is 6.29 Å². The molecule has 0 N–H and O–H groups in total. The van der Waals surface area contributed by atoms with E-state index in [0.717, 1.165) is 43.8 Å². The Morgan fingerprint density at radius 1 is 1.22 bits per heavy atom. The van der Waals surface area contributed by atoms with Gasteiger partial charge < -0.3 is 9.47 Å². The lowest BCUT2D eigenvalue weighted by molar-refractivity contribution is -0.147. The third kappa shape index (κ3) is 5.37. The van der Waals surface area contributed by atoms with Gasteiger partial charge in [0, 0.05) is 19.4 Å². The molecule has 0 aliphatic heterocycles. The van der Waals surface area contributed by atoms with Gasteiger partial charge in [-0.1, -0.05) is 19.8 Å². The van der Waals surface area contributed by atoms with Crippen molar-refractivity contribution in [1.82, 2.24) is 0 Å². The summed E-state index contributed by atoms with van der Waals surface area (Å²) in [6.45, 7) is 3.87. The van der Waals surface area contributed by atoms with Crippen molar-refractivity contribution in [3.8, 4) is 6.07 Å². The van der Waals surface area contributed by atoms with Crippen molar-refractivity contribution in [3.63, 3.8) is 0 Å². The molecule has 102 valence electrons. The Hall–Kier alpha value is -0.590. The van der Waals surface area contributed by atoms with Gasteiger partial charge in [0.05, 0.1) is 12.7 Å². The van der Waals surface area contributed by atoms with Crippen LogP contribution in [0.15, 0.2) is 0 Å². The minimum atomic E-state index is -0.155. The standard InChI is InChI=1S/C15H25NO2/c1-12-11-14(12)7-10-18-15(3-2-8-16)17-9-6-13-4-5-13/h12-15H,2-7,9-11H2,1H3. The van der Waals surface area contributed by atoms with Crippen LogP contribution in [-0.4, -0.2) is 19.5 Å². The Bertz CT molecular complexity index is 283. The number of nitrogens with zero attached hydrogens (tertiary/aromatic N) is 1. The average molecular weight is 251 g/mol. The molecule has 2 aliphatic rings. The van der Waals surface area contributed by atoms with Crippen molar-refractivity contribution in [1.29, 1.82) is 5.26 Å². The first-order chi connectivity index (χ1) is 8.79. The zero-order valence-electron chi connectivity index (χ0n) is 11.4. The van der Waals surface area contributed by atoms with Crippen LogP contribution in [0.1, 0.15) is 51.9 Å². The molecule has 0 aromatic carbocycles. The summed E-state index contributed by atoms with van der Waals surface area (Å²) in [7, 11) is 0. The summed E-state index contributed by atoms with van der Waals surface area (Å²) in [6.07, 6.45) is 7.48. The first kappa shape index (κ1) is 13.8. The van der Waals surface area contributed by atoms with E-state index in [9.17, 15) is 0 Å². The van der Waals surface area contributed by atoms with Gasteiger partial charge in [-0.25, -0.2) is 0 Å². The van der Waals surface area contributed by atoms with Crippen LogP contribution in [-0.2, 0) is 9.47 Å². The molecule has 0 spiro atoms. The third-order valence-corrected chi connectivity index (χ3v) is 4.09. The molecular weight excluding hydrogens is 226 g/mol. The Morgan fingerprint density at radius 2 is 1.89 bits per heavy atom. The van der Waals surface area contributed by atoms with Crippen molar-refractivity contribution in [3.05, 3.63) is 0 Å². The zero-order chi connectivity index (χ0) is 12.8. The van der Waals surface area contributed by atoms with E-state index in [1.54, 1.807) is 0 Å². The largest absolute Gasteiger partial charge is 0.353 e. The Kier molecular flexibility index (Phi) is 5.46. The Morgan fingerprint density at radius 3 is 2.44 bits per heavy atom. The monoisotopic (exact) mass is 251 g/mol. The van der Waals surface area contributed by atoms with E-state index < -0.39 is 0 Å². The van der Waals surface area contributed by atoms with E-state index >= 15 is 0 Å². The molecule has 0 aromatic rings. The molecule has 3 unspecified atom stereocenters. The van der Waals surface area contributed by atoms with Crippen LogP contribution < -0.4 is 0 Å². The molecule has 2 saturated carbocycles. The second-order valence-corrected chi connectivity index (χ2v) is 5.86. The van der Waals surface area contributed by atoms with Gasteiger partial charge in [0.2, 0.25) is 0 Å². The van der Waals surface area contributed by atoms with Gasteiger partial charge in [-0.15, -0.1) is 0 Å². The number of hydrogen-bond acceptors (Lipinski definition) is 3. The van der Waals surface area contributed by atoms with Gasteiger partial charge >= 0.3 is 0 Å². The van der Waals surface area contributed by atoms with Crippen LogP contribution in [0, 0.1) is 29.1 Å². The molecule has 3 heteroatoms. The molecule has 2 aliphatic carbocycles. The molecule has 3 atom stereocenters. The lowest BCUT2D eigenvalue weighted by Gasteiger charge is -2.17. The van der Waals surface area contributed by atoms with Crippen LogP contribution in [0.25, 0.3) is 0 Å². The smallest absolute Gasteiger partial charge is 0.158 e. The van der Waals surface area contributed by atoms with Crippen molar-refractivity contribution in [2.75, 3.05) is 13.2 Å². The maximum atomic E-state index is 8.64. The number of hydrogen-bond donors (Lipinski definition) is 0. The topological polar surface area (TPSA) is 42.2 Å². The predicted octanol–water partition coefficient (Wildman–Crippen LogP) is 3.50. The minimum Gasteiger partial charge on any atom is -0.353 e. The van der Waals surface area contributed by atoms with Crippen LogP contribution >= 0.6 is 0 Å². The molecule has 0 saturated heterocycles. The predicted molar refractivity (Wildman–Crippen MR) is 69.8 cm³/mol. The number of nitriles is 1. The fourth-order valence-electron chi connectivity index (χ4n) is 2.32. The molecular formula is C15H25NO2. The maximum absolute atomic E-state index is 8.64. The summed E-state index contributed by atoms with van der Waals surface area (Å²) in [5.41, 5.74) is 0. The zero-order valence-corrected chi connectivity index (χ0v) is 11.4. The van der Waals surface area contributed by atoms with Gasteiger partial charge in [0.1, 0.15) is 0 Å². The third-order valence-electron chi connectivity index (χ3n) is 4.09. The Balaban J connectivity index is 1.54. The summed E-state index contributed by atoms with van der Waals surface area (Å²) in [4.78, 5) is 0. The van der Waals surface area contributed by atoms with E-state index in [1.807, 2.05) is 0 Å². The van der Waals surface area contributed by atoms with E-state index in [1.165, 1.54) is 19.3 Å². The second kappa shape index (κ2) is 7.11. The minimum absolute atomic E-state index is 0.155. The molecule has 0 bridgehead atoms. The summed E-state index contributed by atoms with van der Waals surface area (Å²) in [5, 5.41) is 8.64. The SMILES string of the molecule is CC1CC1CCOC(CCC#N)OCCC1CC1. The van der Waals surface area contributed by atoms with E-state index in [2.05, 4.69) is 13.0 Å². The first-order valence-electron chi connectivity index (χ1n) is 7.39. The molecule has 0 aromatic heterocycles. The summed E-state index contributed by atoms with van der Waals surface area (Å²) in [6, 6.07) is 2.17. The fourth-order valence-corrected chi connectivity index (χ4v) is 2.32. The summed E-state index contributed by atoms with van der Waals surface area (Å²) in [5.74, 6) is 2.66. The van der Waals surface area contributed by atoms with Gasteiger partial charge in [0.15, 0.2) is 6.29 Å². The van der Waals surface area contributed by atoms with E-state index in [4.69, 9.17) is 14.7 Å². The second-order valence-electron chi connectivity index (χ2n) is 5.86. The highest BCUT2D eigenvalue weighted by Crippen LogP contribution is 2.40. The van der Waals surface area contributed by atoms with Gasteiger partial charge in [-0.3, -0.25) is 0 Å². The van der Waals surface area contributed by atoms with Crippen molar-refractivity contribution in [2.24, 2.45) is 17.8 Å². The summed E-state index contributed by atoms with van der Waals surface area (Å²) >= 11 is 0. The van der Waals surface area contributed by atoms with Crippen LogP contribution in [0.3, 0.4) is 0 Å². The first-order valence-corrected chi connectivity index (χ1v) is 7.39. The van der Waals surface area contributed by atoms with Gasteiger partial charge in [-0.05, 0) is 37.0 Å². The lowest BCUT2D eigenvalue weighted by Crippen LogP contribution is -2.19. The quantitative estimate of drug-likeness (QED) is 0.558. The maximum Gasteiger partial charge on any atom is 0.158 e. The van der Waals surface area contributed by atoms with Crippen molar-refractivity contribution < 1.29 is 9.47 Å². The highest BCUT2D eigenvalue weighted by molar-refractivity contribution is 4.81. The highest BCUT2D eigenvalue weighted by Gasteiger charge is 2.31. The van der Waals surface area contributed by atoms with Crippen LogP contribution in [0.4, 0.5) is 0 Å². The number of ether oxygens (including phenoxy) is 2. The average Bonchev–Trinajstić information content (AvgIpc) is 3.25. The van der Waals surface area contributed by atoms with Gasteiger partial charge in [0.25, 0.3) is 0 Å². The molecule has 0 amide bonds. The van der Waals surface area contributed by atoms with E-state index in [0.29, 0.717) is 12.8 Å². The van der Waals surface area contributed by atoms with Crippen molar-refractivity contribution >= 4 is 0 Å². The normalized spacial score (nSPS) is 27.8. The van der Waals surface area contributed by atoms with Gasteiger partial charge in [-0.2, -0.15) is 5.26 Å². The van der Waals surface area contributed by atoms with Crippen LogP contribution in [0.2, 0.25) is 0 Å².